The number of likely N-dealkylation sites (N-methyl/N-ethyl adjacent to an activating group) is 1. The van der Waals surface area contributed by atoms with Crippen molar-refractivity contribution in [1.82, 2.24) is 25.5 Å². The van der Waals surface area contributed by atoms with Crippen molar-refractivity contribution in [2.45, 2.75) is 13.0 Å². The molecule has 1 aliphatic heterocycles. The van der Waals surface area contributed by atoms with Crippen molar-refractivity contribution < 1.29 is 4.74 Å². The molecule has 2 aromatic rings. The van der Waals surface area contributed by atoms with Crippen LogP contribution in [0.4, 0.5) is 17.3 Å². The SMILES string of the molecule is Cc1nnc(Nc2cnc(C#N)cn2)cc1N(C)CC1CNCCO1. The highest BCUT2D eigenvalue weighted by molar-refractivity contribution is 5.60. The van der Waals surface area contributed by atoms with Gasteiger partial charge < -0.3 is 20.3 Å². The number of rotatable bonds is 5. The second-order valence-corrected chi connectivity index (χ2v) is 5.80. The largest absolute Gasteiger partial charge is 0.374 e. The number of hydrogen-bond donors (Lipinski definition) is 2. The molecule has 25 heavy (non-hydrogen) atoms. The van der Waals surface area contributed by atoms with E-state index < -0.39 is 0 Å². The van der Waals surface area contributed by atoms with E-state index in [-0.39, 0.29) is 11.8 Å². The Kier molecular flexibility index (Phi) is 5.33. The lowest BCUT2D eigenvalue weighted by Crippen LogP contribution is -2.44. The molecule has 0 saturated carbocycles. The van der Waals surface area contributed by atoms with E-state index in [1.165, 1.54) is 12.4 Å². The zero-order valence-electron chi connectivity index (χ0n) is 14.2. The Bertz CT molecular complexity index is 752. The van der Waals surface area contributed by atoms with Gasteiger partial charge >= 0.3 is 0 Å². The van der Waals surface area contributed by atoms with Crippen LogP contribution in [0.15, 0.2) is 18.5 Å². The van der Waals surface area contributed by atoms with Gasteiger partial charge in [-0.15, -0.1) is 5.10 Å². The van der Waals surface area contributed by atoms with Gasteiger partial charge in [0.2, 0.25) is 0 Å². The highest BCUT2D eigenvalue weighted by Gasteiger charge is 2.17. The minimum atomic E-state index is 0.145. The predicted molar refractivity (Wildman–Crippen MR) is 92.7 cm³/mol. The van der Waals surface area contributed by atoms with Gasteiger partial charge in [-0.3, -0.25) is 0 Å². The fourth-order valence-corrected chi connectivity index (χ4v) is 2.61. The topological polar surface area (TPSA) is 112 Å². The van der Waals surface area contributed by atoms with Crippen LogP contribution in [0.25, 0.3) is 0 Å². The maximum Gasteiger partial charge on any atom is 0.158 e. The molecule has 1 saturated heterocycles. The van der Waals surface area contributed by atoms with E-state index in [0.717, 1.165) is 37.6 Å². The normalized spacial score (nSPS) is 16.9. The summed E-state index contributed by atoms with van der Waals surface area (Å²) in [5, 5.41) is 23.5. The summed E-state index contributed by atoms with van der Waals surface area (Å²) < 4.78 is 5.76. The van der Waals surface area contributed by atoms with Crippen LogP contribution in [0.2, 0.25) is 0 Å². The molecule has 1 atom stereocenters. The summed E-state index contributed by atoms with van der Waals surface area (Å²) in [6.45, 7) is 5.15. The summed E-state index contributed by atoms with van der Waals surface area (Å²) in [6, 6.07) is 3.85. The van der Waals surface area contributed by atoms with Gasteiger partial charge in [0.1, 0.15) is 11.9 Å². The standard InChI is InChI=1S/C16H20N8O/c1-11-14(24(2)10-13-8-18-3-4-25-13)5-15(23-22-11)21-16-9-19-12(6-17)7-20-16/h5,7,9,13,18H,3-4,8,10H2,1-2H3,(H,20,21,23). The van der Waals surface area contributed by atoms with E-state index in [4.69, 9.17) is 10.00 Å². The first kappa shape index (κ1) is 17.0. The minimum absolute atomic E-state index is 0.145. The summed E-state index contributed by atoms with van der Waals surface area (Å²) in [4.78, 5) is 10.2. The summed E-state index contributed by atoms with van der Waals surface area (Å²) >= 11 is 0. The van der Waals surface area contributed by atoms with Gasteiger partial charge in [0.05, 0.1) is 36.5 Å². The van der Waals surface area contributed by atoms with E-state index in [1.54, 1.807) is 0 Å². The first-order valence-electron chi connectivity index (χ1n) is 8.02. The van der Waals surface area contributed by atoms with Crippen LogP contribution in [0, 0.1) is 18.3 Å². The molecule has 3 rings (SSSR count). The summed E-state index contributed by atoms with van der Waals surface area (Å²) in [5.74, 6) is 1.07. The van der Waals surface area contributed by atoms with Gasteiger partial charge in [0.25, 0.3) is 0 Å². The fraction of sp³-hybridized carbons (Fsp3) is 0.438. The maximum atomic E-state index is 8.77. The number of nitrogens with one attached hydrogen (secondary N) is 2. The molecular weight excluding hydrogens is 320 g/mol. The number of hydrogen-bond acceptors (Lipinski definition) is 9. The Morgan fingerprint density at radius 3 is 2.92 bits per heavy atom. The minimum Gasteiger partial charge on any atom is -0.374 e. The highest BCUT2D eigenvalue weighted by Crippen LogP contribution is 2.21. The van der Waals surface area contributed by atoms with E-state index >= 15 is 0 Å². The van der Waals surface area contributed by atoms with Crippen molar-refractivity contribution in [3.8, 4) is 6.07 Å². The number of morpholine rings is 1. The van der Waals surface area contributed by atoms with Gasteiger partial charge in [-0.1, -0.05) is 0 Å². The van der Waals surface area contributed by atoms with Crippen molar-refractivity contribution in [3.05, 3.63) is 29.8 Å². The van der Waals surface area contributed by atoms with Gasteiger partial charge in [0, 0.05) is 32.7 Å². The van der Waals surface area contributed by atoms with E-state index in [9.17, 15) is 0 Å². The molecule has 2 aromatic heterocycles. The number of aryl methyl sites for hydroxylation is 1. The molecular formula is C16H20N8O. The lowest BCUT2D eigenvalue weighted by molar-refractivity contribution is 0.0340. The van der Waals surface area contributed by atoms with E-state index in [2.05, 4.69) is 35.7 Å². The van der Waals surface area contributed by atoms with E-state index in [0.29, 0.717) is 11.6 Å². The molecule has 2 N–H and O–H groups in total. The molecule has 0 bridgehead atoms. The molecule has 0 spiro atoms. The van der Waals surface area contributed by atoms with Crippen molar-refractivity contribution in [2.75, 3.05) is 43.5 Å². The molecule has 9 nitrogen and oxygen atoms in total. The molecule has 3 heterocycles. The highest BCUT2D eigenvalue weighted by atomic mass is 16.5. The van der Waals surface area contributed by atoms with Crippen LogP contribution in [0.3, 0.4) is 0 Å². The van der Waals surface area contributed by atoms with E-state index in [1.807, 2.05) is 26.1 Å². The second kappa shape index (κ2) is 7.83. The van der Waals surface area contributed by atoms with Gasteiger partial charge in [-0.2, -0.15) is 10.4 Å². The molecule has 0 amide bonds. The Labute approximate surface area is 146 Å². The number of nitriles is 1. The molecule has 0 radical (unpaired) electrons. The van der Waals surface area contributed by atoms with Crippen LogP contribution < -0.4 is 15.5 Å². The Hall–Kier alpha value is -2.83. The van der Waals surface area contributed by atoms with Crippen molar-refractivity contribution in [1.29, 1.82) is 5.26 Å². The molecule has 130 valence electrons. The molecule has 0 aliphatic carbocycles. The molecule has 1 aliphatic rings. The number of aromatic nitrogens is 4. The summed E-state index contributed by atoms with van der Waals surface area (Å²) in [7, 11) is 2.01. The molecule has 9 heteroatoms. The third-order valence-corrected chi connectivity index (χ3v) is 3.87. The monoisotopic (exact) mass is 340 g/mol. The van der Waals surface area contributed by atoms with Crippen molar-refractivity contribution in [2.24, 2.45) is 0 Å². The Balaban J connectivity index is 1.71. The third-order valence-electron chi connectivity index (χ3n) is 3.87. The van der Waals surface area contributed by atoms with Gasteiger partial charge in [0.15, 0.2) is 11.5 Å². The average Bonchev–Trinajstić information content (AvgIpc) is 2.64. The summed E-state index contributed by atoms with van der Waals surface area (Å²) in [6.07, 6.45) is 3.04. The summed E-state index contributed by atoms with van der Waals surface area (Å²) in [5.41, 5.74) is 2.07. The Morgan fingerprint density at radius 2 is 2.24 bits per heavy atom. The number of nitrogens with zero attached hydrogens (tertiary/aromatic N) is 6. The van der Waals surface area contributed by atoms with Crippen LogP contribution in [-0.4, -0.2) is 59.6 Å². The van der Waals surface area contributed by atoms with Gasteiger partial charge in [-0.25, -0.2) is 9.97 Å². The quantitative estimate of drug-likeness (QED) is 0.808. The average molecular weight is 340 g/mol. The molecule has 0 aromatic carbocycles. The fourth-order valence-electron chi connectivity index (χ4n) is 2.61. The lowest BCUT2D eigenvalue weighted by Gasteiger charge is -2.29. The van der Waals surface area contributed by atoms with Crippen LogP contribution in [0.5, 0.6) is 0 Å². The van der Waals surface area contributed by atoms with Crippen molar-refractivity contribution >= 4 is 17.3 Å². The third kappa shape index (κ3) is 4.37. The van der Waals surface area contributed by atoms with Crippen LogP contribution in [-0.2, 0) is 4.74 Å². The van der Waals surface area contributed by atoms with Crippen molar-refractivity contribution in [3.63, 3.8) is 0 Å². The number of ether oxygens (including phenoxy) is 1. The van der Waals surface area contributed by atoms with Crippen LogP contribution in [0.1, 0.15) is 11.4 Å². The first-order chi connectivity index (χ1) is 12.2. The smallest absolute Gasteiger partial charge is 0.158 e. The molecule has 1 unspecified atom stereocenters. The maximum absolute atomic E-state index is 8.77. The first-order valence-corrected chi connectivity index (χ1v) is 8.02. The lowest BCUT2D eigenvalue weighted by atomic mass is 10.2. The van der Waals surface area contributed by atoms with Crippen LogP contribution >= 0.6 is 0 Å². The van der Waals surface area contributed by atoms with Gasteiger partial charge in [-0.05, 0) is 6.92 Å². The predicted octanol–water partition coefficient (Wildman–Crippen LogP) is 0.615. The zero-order chi connectivity index (χ0) is 17.6. The second-order valence-electron chi connectivity index (χ2n) is 5.80. The number of anilines is 3. The zero-order valence-corrected chi connectivity index (χ0v) is 14.2. The Morgan fingerprint density at radius 1 is 1.36 bits per heavy atom. The molecule has 1 fully saturated rings.